The predicted octanol–water partition coefficient (Wildman–Crippen LogP) is 4.31. The molecule has 0 aliphatic rings. The third-order valence-electron chi connectivity index (χ3n) is 3.96. The second-order valence-corrected chi connectivity index (χ2v) is 5.71. The summed E-state index contributed by atoms with van der Waals surface area (Å²) in [7, 11) is 0. The van der Waals surface area contributed by atoms with Gasteiger partial charge < -0.3 is 15.2 Å². The molecule has 0 atom stereocenters. The summed E-state index contributed by atoms with van der Waals surface area (Å²) in [5.41, 5.74) is 9.02. The molecule has 3 aromatic rings. The zero-order valence-electron chi connectivity index (χ0n) is 14.2. The van der Waals surface area contributed by atoms with Crippen LogP contribution in [0.25, 0.3) is 11.1 Å². The fourth-order valence-corrected chi connectivity index (χ4v) is 2.76. The molecular weight excluding hydrogens is 310 g/mol. The van der Waals surface area contributed by atoms with Crippen LogP contribution < -0.4 is 15.2 Å². The molecule has 0 unspecified atom stereocenters. The van der Waals surface area contributed by atoms with Crippen LogP contribution in [0.3, 0.4) is 0 Å². The summed E-state index contributed by atoms with van der Waals surface area (Å²) in [6.07, 6.45) is 0.813. The Balaban J connectivity index is 1.60. The van der Waals surface area contributed by atoms with Crippen molar-refractivity contribution in [2.24, 2.45) is 5.73 Å². The van der Waals surface area contributed by atoms with Crippen molar-refractivity contribution in [1.82, 2.24) is 0 Å². The van der Waals surface area contributed by atoms with Crippen LogP contribution in [0.4, 0.5) is 0 Å². The minimum Gasteiger partial charge on any atom is -0.490 e. The predicted molar refractivity (Wildman–Crippen MR) is 102 cm³/mol. The maximum absolute atomic E-state index is 5.96. The quantitative estimate of drug-likeness (QED) is 0.625. The zero-order chi connectivity index (χ0) is 17.3. The zero-order valence-corrected chi connectivity index (χ0v) is 14.2. The highest BCUT2D eigenvalue weighted by Gasteiger charge is 2.06. The van der Waals surface area contributed by atoms with E-state index < -0.39 is 0 Å². The summed E-state index contributed by atoms with van der Waals surface area (Å²) in [6, 6.07) is 26.3. The lowest BCUT2D eigenvalue weighted by Gasteiger charge is -2.14. The average molecular weight is 333 g/mol. The molecule has 0 saturated carbocycles. The molecule has 0 aromatic heterocycles. The number of para-hydroxylation sites is 2. The van der Waals surface area contributed by atoms with Crippen LogP contribution in [-0.4, -0.2) is 19.8 Å². The van der Waals surface area contributed by atoms with E-state index in [2.05, 4.69) is 18.2 Å². The van der Waals surface area contributed by atoms with E-state index in [0.29, 0.717) is 19.8 Å². The number of rotatable bonds is 8. The molecule has 0 aliphatic heterocycles. The number of benzene rings is 3. The smallest absolute Gasteiger partial charge is 0.127 e. The average Bonchev–Trinajstić information content (AvgIpc) is 2.68. The van der Waals surface area contributed by atoms with E-state index >= 15 is 0 Å². The second-order valence-electron chi connectivity index (χ2n) is 5.71. The molecule has 3 rings (SSSR count). The molecule has 0 saturated heterocycles. The van der Waals surface area contributed by atoms with E-state index in [1.165, 1.54) is 0 Å². The highest BCUT2D eigenvalue weighted by molar-refractivity contribution is 5.70. The Kier molecular flexibility index (Phi) is 6.07. The van der Waals surface area contributed by atoms with Gasteiger partial charge in [-0.2, -0.15) is 0 Å². The standard InChI is InChI=1S/C22H23NO2/c23-15-14-19-10-4-6-12-21(19)24-16-17-25-22-13-7-5-11-20(22)18-8-2-1-3-9-18/h1-13H,14-17,23H2. The molecule has 0 aliphatic carbocycles. The molecule has 2 N–H and O–H groups in total. The molecule has 0 bridgehead atoms. The molecule has 3 heteroatoms. The molecule has 0 amide bonds. The first-order chi connectivity index (χ1) is 12.4. The maximum atomic E-state index is 5.96. The van der Waals surface area contributed by atoms with Crippen LogP contribution in [0.5, 0.6) is 11.5 Å². The van der Waals surface area contributed by atoms with Crippen molar-refractivity contribution in [2.45, 2.75) is 6.42 Å². The normalized spacial score (nSPS) is 10.4. The van der Waals surface area contributed by atoms with Gasteiger partial charge in [0.15, 0.2) is 0 Å². The van der Waals surface area contributed by atoms with Gasteiger partial charge in [0, 0.05) is 5.56 Å². The summed E-state index contributed by atoms with van der Waals surface area (Å²) in [5, 5.41) is 0. The van der Waals surface area contributed by atoms with E-state index in [1.807, 2.05) is 60.7 Å². The molecule has 0 fully saturated rings. The minimum atomic E-state index is 0.487. The third-order valence-corrected chi connectivity index (χ3v) is 3.96. The van der Waals surface area contributed by atoms with Crippen LogP contribution in [0.15, 0.2) is 78.9 Å². The van der Waals surface area contributed by atoms with Gasteiger partial charge in [0.2, 0.25) is 0 Å². The Labute approximate surface area is 149 Å². The van der Waals surface area contributed by atoms with Crippen molar-refractivity contribution < 1.29 is 9.47 Å². The fourth-order valence-electron chi connectivity index (χ4n) is 2.76. The van der Waals surface area contributed by atoms with Crippen LogP contribution in [-0.2, 0) is 6.42 Å². The molecule has 25 heavy (non-hydrogen) atoms. The molecule has 3 nitrogen and oxygen atoms in total. The van der Waals surface area contributed by atoms with Crippen molar-refractivity contribution in [3.05, 3.63) is 84.4 Å². The molecule has 3 aromatic carbocycles. The minimum absolute atomic E-state index is 0.487. The number of ether oxygens (including phenoxy) is 2. The highest BCUT2D eigenvalue weighted by Crippen LogP contribution is 2.29. The molecule has 0 radical (unpaired) electrons. The molecule has 0 heterocycles. The largest absolute Gasteiger partial charge is 0.490 e. The fraction of sp³-hybridized carbons (Fsp3) is 0.182. The van der Waals surface area contributed by atoms with Crippen molar-refractivity contribution in [3.8, 4) is 22.6 Å². The van der Waals surface area contributed by atoms with Gasteiger partial charge in [0.25, 0.3) is 0 Å². The van der Waals surface area contributed by atoms with Crippen LogP contribution >= 0.6 is 0 Å². The Morgan fingerprint density at radius 2 is 1.24 bits per heavy atom. The Morgan fingerprint density at radius 1 is 0.640 bits per heavy atom. The summed E-state index contributed by atoms with van der Waals surface area (Å²) >= 11 is 0. The summed E-state index contributed by atoms with van der Waals surface area (Å²) < 4.78 is 11.8. The van der Waals surface area contributed by atoms with Gasteiger partial charge in [-0.15, -0.1) is 0 Å². The van der Waals surface area contributed by atoms with Crippen molar-refractivity contribution in [2.75, 3.05) is 19.8 Å². The van der Waals surface area contributed by atoms with Gasteiger partial charge in [-0.25, -0.2) is 0 Å². The van der Waals surface area contributed by atoms with E-state index in [0.717, 1.165) is 34.6 Å². The number of hydrogen-bond acceptors (Lipinski definition) is 3. The Morgan fingerprint density at radius 3 is 2.00 bits per heavy atom. The van der Waals surface area contributed by atoms with Gasteiger partial charge in [0.1, 0.15) is 24.7 Å². The Hall–Kier alpha value is -2.78. The van der Waals surface area contributed by atoms with Crippen LogP contribution in [0, 0.1) is 0 Å². The van der Waals surface area contributed by atoms with E-state index in [9.17, 15) is 0 Å². The van der Waals surface area contributed by atoms with Crippen molar-refractivity contribution >= 4 is 0 Å². The van der Waals surface area contributed by atoms with Crippen LogP contribution in [0.1, 0.15) is 5.56 Å². The lowest BCUT2D eigenvalue weighted by atomic mass is 10.1. The van der Waals surface area contributed by atoms with Gasteiger partial charge in [-0.1, -0.05) is 66.7 Å². The van der Waals surface area contributed by atoms with Crippen molar-refractivity contribution in [3.63, 3.8) is 0 Å². The van der Waals surface area contributed by atoms with Crippen molar-refractivity contribution in [1.29, 1.82) is 0 Å². The van der Waals surface area contributed by atoms with E-state index in [4.69, 9.17) is 15.2 Å². The lowest BCUT2D eigenvalue weighted by Crippen LogP contribution is -2.11. The molecule has 0 spiro atoms. The van der Waals surface area contributed by atoms with Gasteiger partial charge in [-0.3, -0.25) is 0 Å². The first-order valence-electron chi connectivity index (χ1n) is 8.56. The monoisotopic (exact) mass is 333 g/mol. The Bertz CT molecular complexity index is 787. The topological polar surface area (TPSA) is 44.5 Å². The lowest BCUT2D eigenvalue weighted by molar-refractivity contribution is 0.216. The third kappa shape index (κ3) is 4.61. The number of hydrogen-bond donors (Lipinski definition) is 1. The van der Waals surface area contributed by atoms with Gasteiger partial charge in [0.05, 0.1) is 0 Å². The first-order valence-corrected chi connectivity index (χ1v) is 8.56. The SMILES string of the molecule is NCCc1ccccc1OCCOc1ccccc1-c1ccccc1. The van der Waals surface area contributed by atoms with E-state index in [-0.39, 0.29) is 0 Å². The van der Waals surface area contributed by atoms with Gasteiger partial charge >= 0.3 is 0 Å². The molecular formula is C22H23NO2. The second kappa shape index (κ2) is 8.90. The summed E-state index contributed by atoms with van der Waals surface area (Å²) in [4.78, 5) is 0. The highest BCUT2D eigenvalue weighted by atomic mass is 16.5. The van der Waals surface area contributed by atoms with E-state index in [1.54, 1.807) is 0 Å². The maximum Gasteiger partial charge on any atom is 0.127 e. The first kappa shape index (κ1) is 17.1. The summed E-state index contributed by atoms with van der Waals surface area (Å²) in [5.74, 6) is 1.75. The molecule has 128 valence electrons. The van der Waals surface area contributed by atoms with Crippen LogP contribution in [0.2, 0.25) is 0 Å². The van der Waals surface area contributed by atoms with Gasteiger partial charge in [-0.05, 0) is 36.2 Å². The number of nitrogens with two attached hydrogens (primary N) is 1. The summed E-state index contributed by atoms with van der Waals surface area (Å²) in [6.45, 7) is 1.59.